The minimum atomic E-state index is -0.551. The third kappa shape index (κ3) is 5.61. The van der Waals surface area contributed by atoms with E-state index in [1.54, 1.807) is 32.4 Å². The van der Waals surface area contributed by atoms with Crippen molar-refractivity contribution in [3.05, 3.63) is 65.2 Å². The van der Waals surface area contributed by atoms with Crippen molar-refractivity contribution in [3.8, 4) is 5.75 Å². The zero-order valence-corrected chi connectivity index (χ0v) is 14.3. The fourth-order valence-electron chi connectivity index (χ4n) is 2.26. The molecular formula is C19H21NO5. The molecule has 0 saturated heterocycles. The van der Waals surface area contributed by atoms with Gasteiger partial charge in [-0.15, -0.1) is 0 Å². The van der Waals surface area contributed by atoms with Gasteiger partial charge in [-0.2, -0.15) is 0 Å². The lowest BCUT2D eigenvalue weighted by molar-refractivity contribution is -0.124. The summed E-state index contributed by atoms with van der Waals surface area (Å²) in [5.74, 6) is -0.243. The van der Waals surface area contributed by atoms with Gasteiger partial charge in [0.2, 0.25) is 0 Å². The standard InChI is InChI=1S/C19H21NO5/c1-23-12-14-6-5-8-15(10-14)19(22)25-13-18(21)20-11-16-7-3-4-9-17(16)24-2/h3-10H,11-13H2,1-2H3,(H,20,21). The molecule has 0 saturated carbocycles. The van der Waals surface area contributed by atoms with Gasteiger partial charge >= 0.3 is 5.97 Å². The number of ether oxygens (including phenoxy) is 3. The Kier molecular flexibility index (Phi) is 6.98. The van der Waals surface area contributed by atoms with Crippen molar-refractivity contribution in [3.63, 3.8) is 0 Å². The topological polar surface area (TPSA) is 73.9 Å². The summed E-state index contributed by atoms with van der Waals surface area (Å²) in [7, 11) is 3.15. The lowest BCUT2D eigenvalue weighted by Crippen LogP contribution is -2.28. The molecule has 0 aliphatic rings. The highest BCUT2D eigenvalue weighted by Gasteiger charge is 2.11. The summed E-state index contributed by atoms with van der Waals surface area (Å²) in [5, 5.41) is 2.70. The van der Waals surface area contributed by atoms with Crippen molar-refractivity contribution >= 4 is 11.9 Å². The van der Waals surface area contributed by atoms with E-state index in [-0.39, 0.29) is 12.5 Å². The van der Waals surface area contributed by atoms with Gasteiger partial charge in [0.1, 0.15) is 5.75 Å². The van der Waals surface area contributed by atoms with E-state index in [4.69, 9.17) is 14.2 Å². The largest absolute Gasteiger partial charge is 0.496 e. The number of methoxy groups -OCH3 is 2. The molecule has 0 bridgehead atoms. The summed E-state index contributed by atoms with van der Waals surface area (Å²) < 4.78 is 15.3. The number of rotatable bonds is 8. The van der Waals surface area contributed by atoms with Gasteiger partial charge in [-0.1, -0.05) is 30.3 Å². The van der Waals surface area contributed by atoms with Crippen LogP contribution >= 0.6 is 0 Å². The van der Waals surface area contributed by atoms with Crippen LogP contribution in [0.15, 0.2) is 48.5 Å². The second-order valence-electron chi connectivity index (χ2n) is 5.30. The predicted molar refractivity (Wildman–Crippen MR) is 92.3 cm³/mol. The van der Waals surface area contributed by atoms with E-state index in [2.05, 4.69) is 5.32 Å². The van der Waals surface area contributed by atoms with E-state index < -0.39 is 5.97 Å². The lowest BCUT2D eigenvalue weighted by atomic mass is 10.1. The fraction of sp³-hybridized carbons (Fsp3) is 0.263. The minimum Gasteiger partial charge on any atom is -0.496 e. The van der Waals surface area contributed by atoms with E-state index in [1.165, 1.54) is 0 Å². The number of amides is 1. The van der Waals surface area contributed by atoms with Gasteiger partial charge in [0, 0.05) is 19.2 Å². The highest BCUT2D eigenvalue weighted by atomic mass is 16.5. The number of esters is 1. The Bertz CT molecular complexity index is 729. The first kappa shape index (κ1) is 18.5. The first-order chi connectivity index (χ1) is 12.1. The Morgan fingerprint density at radius 3 is 2.60 bits per heavy atom. The SMILES string of the molecule is COCc1cccc(C(=O)OCC(=O)NCc2ccccc2OC)c1. The second-order valence-corrected chi connectivity index (χ2v) is 5.30. The van der Waals surface area contributed by atoms with Gasteiger partial charge in [0.25, 0.3) is 5.91 Å². The zero-order chi connectivity index (χ0) is 18.1. The van der Waals surface area contributed by atoms with E-state index >= 15 is 0 Å². The first-order valence-corrected chi connectivity index (χ1v) is 7.77. The summed E-state index contributed by atoms with van der Waals surface area (Å²) in [6.45, 7) is 0.354. The molecule has 0 unspecified atom stereocenters. The zero-order valence-electron chi connectivity index (χ0n) is 14.3. The normalized spacial score (nSPS) is 10.2. The average molecular weight is 343 g/mol. The van der Waals surface area contributed by atoms with Crippen molar-refractivity contribution in [2.45, 2.75) is 13.2 Å². The van der Waals surface area contributed by atoms with Crippen LogP contribution in [0.25, 0.3) is 0 Å². The summed E-state index contributed by atoms with van der Waals surface area (Å²) in [5.41, 5.74) is 2.08. The molecule has 0 aromatic heterocycles. The van der Waals surface area contributed by atoms with E-state index in [1.807, 2.05) is 30.3 Å². The Morgan fingerprint density at radius 1 is 1.04 bits per heavy atom. The van der Waals surface area contributed by atoms with Crippen molar-refractivity contribution in [2.75, 3.05) is 20.8 Å². The predicted octanol–water partition coefficient (Wildman–Crippen LogP) is 2.31. The van der Waals surface area contributed by atoms with Crippen LogP contribution in [0, 0.1) is 0 Å². The highest BCUT2D eigenvalue weighted by molar-refractivity contribution is 5.91. The van der Waals surface area contributed by atoms with Crippen molar-refractivity contribution < 1.29 is 23.8 Å². The Labute approximate surface area is 146 Å². The Hall–Kier alpha value is -2.86. The number of para-hydroxylation sites is 1. The van der Waals surface area contributed by atoms with Crippen LogP contribution in [0.5, 0.6) is 5.75 Å². The van der Waals surface area contributed by atoms with Gasteiger partial charge < -0.3 is 19.5 Å². The molecule has 0 atom stereocenters. The summed E-state index contributed by atoms with van der Waals surface area (Å²) in [4.78, 5) is 23.9. The molecule has 0 aliphatic heterocycles. The molecule has 0 heterocycles. The van der Waals surface area contributed by atoms with Crippen LogP contribution in [0.1, 0.15) is 21.5 Å². The Morgan fingerprint density at radius 2 is 1.84 bits per heavy atom. The number of nitrogens with one attached hydrogen (secondary N) is 1. The van der Waals surface area contributed by atoms with Crippen LogP contribution in [-0.2, 0) is 27.4 Å². The van der Waals surface area contributed by atoms with E-state index in [0.717, 1.165) is 11.1 Å². The van der Waals surface area contributed by atoms with E-state index in [0.29, 0.717) is 24.5 Å². The van der Waals surface area contributed by atoms with Crippen molar-refractivity contribution in [2.24, 2.45) is 0 Å². The monoisotopic (exact) mass is 343 g/mol. The molecule has 0 aliphatic carbocycles. The van der Waals surface area contributed by atoms with Crippen molar-refractivity contribution in [1.29, 1.82) is 0 Å². The summed E-state index contributed by atoms with van der Waals surface area (Å²) in [6, 6.07) is 14.3. The van der Waals surface area contributed by atoms with Crippen LogP contribution < -0.4 is 10.1 Å². The van der Waals surface area contributed by atoms with Crippen LogP contribution in [0.2, 0.25) is 0 Å². The summed E-state index contributed by atoms with van der Waals surface area (Å²) in [6.07, 6.45) is 0. The Balaban J connectivity index is 1.83. The molecule has 1 N–H and O–H groups in total. The number of carbonyl (C=O) groups excluding carboxylic acids is 2. The number of hydrogen-bond donors (Lipinski definition) is 1. The van der Waals surface area contributed by atoms with Gasteiger partial charge in [0.15, 0.2) is 6.61 Å². The lowest BCUT2D eigenvalue weighted by Gasteiger charge is -2.10. The van der Waals surface area contributed by atoms with Crippen LogP contribution in [0.3, 0.4) is 0 Å². The third-order valence-corrected chi connectivity index (χ3v) is 3.48. The second kappa shape index (κ2) is 9.44. The maximum absolute atomic E-state index is 12.0. The molecule has 6 heteroatoms. The van der Waals surface area contributed by atoms with Crippen LogP contribution in [0.4, 0.5) is 0 Å². The van der Waals surface area contributed by atoms with Gasteiger partial charge in [-0.25, -0.2) is 4.79 Å². The molecule has 132 valence electrons. The minimum absolute atomic E-state index is 0.295. The fourth-order valence-corrected chi connectivity index (χ4v) is 2.26. The molecule has 2 aromatic rings. The summed E-state index contributed by atoms with van der Waals surface area (Å²) >= 11 is 0. The molecule has 1 amide bonds. The maximum Gasteiger partial charge on any atom is 0.338 e. The number of carbonyl (C=O) groups is 2. The molecule has 2 rings (SSSR count). The molecule has 0 fully saturated rings. The van der Waals surface area contributed by atoms with Gasteiger partial charge in [0.05, 0.1) is 19.3 Å². The van der Waals surface area contributed by atoms with Gasteiger partial charge in [-0.3, -0.25) is 4.79 Å². The van der Waals surface area contributed by atoms with Crippen molar-refractivity contribution in [1.82, 2.24) is 5.32 Å². The number of benzene rings is 2. The molecule has 25 heavy (non-hydrogen) atoms. The van der Waals surface area contributed by atoms with Crippen LogP contribution in [-0.4, -0.2) is 32.7 Å². The number of hydrogen-bond acceptors (Lipinski definition) is 5. The molecule has 0 spiro atoms. The maximum atomic E-state index is 12.0. The highest BCUT2D eigenvalue weighted by Crippen LogP contribution is 2.16. The quantitative estimate of drug-likeness (QED) is 0.745. The average Bonchev–Trinajstić information content (AvgIpc) is 2.65. The molecular weight excluding hydrogens is 322 g/mol. The smallest absolute Gasteiger partial charge is 0.338 e. The van der Waals surface area contributed by atoms with E-state index in [9.17, 15) is 9.59 Å². The third-order valence-electron chi connectivity index (χ3n) is 3.48. The molecule has 6 nitrogen and oxygen atoms in total. The molecule has 0 radical (unpaired) electrons. The van der Waals surface area contributed by atoms with Gasteiger partial charge in [-0.05, 0) is 23.8 Å². The molecule has 2 aromatic carbocycles. The first-order valence-electron chi connectivity index (χ1n) is 7.77.